The summed E-state index contributed by atoms with van der Waals surface area (Å²) in [6, 6.07) is 0. The predicted molar refractivity (Wildman–Crippen MR) is 68.3 cm³/mol. The minimum absolute atomic E-state index is 0.0987. The highest BCUT2D eigenvalue weighted by Crippen LogP contribution is 2.33. The second-order valence-corrected chi connectivity index (χ2v) is 4.93. The summed E-state index contributed by atoms with van der Waals surface area (Å²) in [6.45, 7) is -0.202. The smallest absolute Gasteiger partial charge is 0.330 e. The molecule has 8 nitrogen and oxygen atoms in total. The van der Waals surface area contributed by atoms with Gasteiger partial charge in [0.25, 0.3) is 5.56 Å². The average Bonchev–Trinajstić information content (AvgIpc) is 2.69. The Kier molecular flexibility index (Phi) is 4.09. The van der Waals surface area contributed by atoms with Gasteiger partial charge in [-0.15, -0.1) is 0 Å². The van der Waals surface area contributed by atoms with Crippen LogP contribution in [-0.4, -0.2) is 49.4 Å². The Labute approximate surface area is 114 Å². The second kappa shape index (κ2) is 5.49. The largest absolute Gasteiger partial charge is 0.396 e. The SMILES string of the molecule is Cn1cc(C2OC(CCO)C(O)C2O)c(=O)n(C)c1=O. The van der Waals surface area contributed by atoms with Crippen LogP contribution >= 0.6 is 0 Å². The van der Waals surface area contributed by atoms with Gasteiger partial charge in [0.05, 0.1) is 11.7 Å². The number of aromatic nitrogens is 2. The molecule has 0 spiro atoms. The van der Waals surface area contributed by atoms with Crippen LogP contribution in [-0.2, 0) is 18.8 Å². The fraction of sp³-hybridized carbons (Fsp3) is 0.667. The summed E-state index contributed by atoms with van der Waals surface area (Å²) in [5, 5.41) is 28.7. The van der Waals surface area contributed by atoms with Crippen LogP contribution in [0.1, 0.15) is 18.1 Å². The standard InChI is InChI=1S/C12H18N2O6/c1-13-5-6(11(18)14(2)12(13)19)10-9(17)8(16)7(20-10)3-4-15/h5,7-10,15-17H,3-4H2,1-2H3. The van der Waals surface area contributed by atoms with Crippen molar-refractivity contribution < 1.29 is 20.1 Å². The molecule has 1 aliphatic rings. The number of aliphatic hydroxyl groups is 3. The molecule has 1 fully saturated rings. The Morgan fingerprint density at radius 3 is 2.50 bits per heavy atom. The molecule has 0 saturated carbocycles. The van der Waals surface area contributed by atoms with Gasteiger partial charge in [-0.1, -0.05) is 0 Å². The molecule has 3 N–H and O–H groups in total. The molecule has 0 aromatic carbocycles. The second-order valence-electron chi connectivity index (χ2n) is 4.93. The predicted octanol–water partition coefficient (Wildman–Crippen LogP) is -2.37. The third-order valence-electron chi connectivity index (χ3n) is 3.56. The normalized spacial score (nSPS) is 29.9. The number of rotatable bonds is 3. The minimum atomic E-state index is -1.28. The van der Waals surface area contributed by atoms with Crippen LogP contribution in [0.15, 0.2) is 15.8 Å². The molecule has 1 aliphatic heterocycles. The molecular weight excluding hydrogens is 268 g/mol. The summed E-state index contributed by atoms with van der Waals surface area (Å²) in [6.07, 6.45) is -2.78. The molecule has 1 aromatic heterocycles. The molecule has 2 heterocycles. The van der Waals surface area contributed by atoms with Gasteiger partial charge < -0.3 is 24.6 Å². The van der Waals surface area contributed by atoms with Gasteiger partial charge in [0.1, 0.15) is 18.3 Å². The van der Waals surface area contributed by atoms with E-state index in [0.717, 1.165) is 4.57 Å². The Hall–Kier alpha value is -1.48. The van der Waals surface area contributed by atoms with E-state index < -0.39 is 35.7 Å². The van der Waals surface area contributed by atoms with Crippen molar-refractivity contribution in [1.82, 2.24) is 9.13 Å². The first-order chi connectivity index (χ1) is 9.38. The molecule has 0 amide bonds. The van der Waals surface area contributed by atoms with Gasteiger partial charge in [0, 0.05) is 26.9 Å². The van der Waals surface area contributed by atoms with Crippen molar-refractivity contribution >= 4 is 0 Å². The molecular formula is C12H18N2O6. The minimum Gasteiger partial charge on any atom is -0.396 e. The molecule has 2 rings (SSSR count). The topological polar surface area (TPSA) is 114 Å². The molecule has 20 heavy (non-hydrogen) atoms. The van der Waals surface area contributed by atoms with Crippen molar-refractivity contribution in [3.63, 3.8) is 0 Å². The summed E-state index contributed by atoms with van der Waals surface area (Å²) in [4.78, 5) is 23.7. The molecule has 1 aromatic rings. The maximum Gasteiger partial charge on any atom is 0.330 e. The first-order valence-electron chi connectivity index (χ1n) is 6.27. The van der Waals surface area contributed by atoms with Gasteiger partial charge in [0.15, 0.2) is 0 Å². The third-order valence-corrected chi connectivity index (χ3v) is 3.56. The van der Waals surface area contributed by atoms with Crippen molar-refractivity contribution in [1.29, 1.82) is 0 Å². The van der Waals surface area contributed by atoms with Crippen LogP contribution in [0.5, 0.6) is 0 Å². The van der Waals surface area contributed by atoms with E-state index in [1.54, 1.807) is 0 Å². The van der Waals surface area contributed by atoms with E-state index in [9.17, 15) is 19.8 Å². The number of hydrogen-bond acceptors (Lipinski definition) is 6. The lowest BCUT2D eigenvalue weighted by atomic mass is 10.0. The van der Waals surface area contributed by atoms with Gasteiger partial charge in [-0.3, -0.25) is 9.36 Å². The maximum absolute atomic E-state index is 12.1. The highest BCUT2D eigenvalue weighted by Gasteiger charge is 2.44. The highest BCUT2D eigenvalue weighted by atomic mass is 16.5. The molecule has 1 saturated heterocycles. The summed E-state index contributed by atoms with van der Waals surface area (Å²) in [5.41, 5.74) is -0.964. The first kappa shape index (κ1) is 14.9. The molecule has 8 heteroatoms. The number of nitrogens with zero attached hydrogens (tertiary/aromatic N) is 2. The van der Waals surface area contributed by atoms with Crippen molar-refractivity contribution in [3.8, 4) is 0 Å². The number of aliphatic hydroxyl groups excluding tert-OH is 3. The zero-order valence-electron chi connectivity index (χ0n) is 11.3. The number of ether oxygens (including phenoxy) is 1. The van der Waals surface area contributed by atoms with Crippen LogP contribution < -0.4 is 11.2 Å². The molecule has 0 radical (unpaired) electrons. The van der Waals surface area contributed by atoms with E-state index in [1.165, 1.54) is 24.9 Å². The van der Waals surface area contributed by atoms with Crippen molar-refractivity contribution in [2.24, 2.45) is 14.1 Å². The molecule has 0 aliphatic carbocycles. The van der Waals surface area contributed by atoms with Crippen LogP contribution in [0.25, 0.3) is 0 Å². The zero-order chi connectivity index (χ0) is 15.0. The molecule has 0 bridgehead atoms. The van der Waals surface area contributed by atoms with E-state index in [1.807, 2.05) is 0 Å². The summed E-state index contributed by atoms with van der Waals surface area (Å²) in [5.74, 6) is 0. The number of aryl methyl sites for hydroxylation is 1. The van der Waals surface area contributed by atoms with E-state index in [2.05, 4.69) is 0 Å². The van der Waals surface area contributed by atoms with Crippen molar-refractivity contribution in [3.05, 3.63) is 32.6 Å². The van der Waals surface area contributed by atoms with Gasteiger partial charge in [-0.25, -0.2) is 4.79 Å². The monoisotopic (exact) mass is 286 g/mol. The molecule has 112 valence electrons. The zero-order valence-corrected chi connectivity index (χ0v) is 11.3. The summed E-state index contributed by atoms with van der Waals surface area (Å²) >= 11 is 0. The Morgan fingerprint density at radius 1 is 1.25 bits per heavy atom. The van der Waals surface area contributed by atoms with Gasteiger partial charge in [0.2, 0.25) is 0 Å². The first-order valence-corrected chi connectivity index (χ1v) is 6.27. The highest BCUT2D eigenvalue weighted by molar-refractivity contribution is 5.14. The van der Waals surface area contributed by atoms with Crippen molar-refractivity contribution in [2.75, 3.05) is 6.61 Å². The summed E-state index contributed by atoms with van der Waals surface area (Å²) < 4.78 is 7.58. The molecule has 4 atom stereocenters. The number of hydrogen-bond donors (Lipinski definition) is 3. The van der Waals surface area contributed by atoms with E-state index in [0.29, 0.717) is 0 Å². The van der Waals surface area contributed by atoms with Crippen molar-refractivity contribution in [2.45, 2.75) is 30.8 Å². The van der Waals surface area contributed by atoms with Crippen LogP contribution in [0.3, 0.4) is 0 Å². The van der Waals surface area contributed by atoms with Crippen LogP contribution in [0.4, 0.5) is 0 Å². The van der Waals surface area contributed by atoms with E-state index in [-0.39, 0.29) is 18.6 Å². The lowest BCUT2D eigenvalue weighted by molar-refractivity contribution is -0.00572. The Balaban J connectivity index is 2.43. The van der Waals surface area contributed by atoms with E-state index >= 15 is 0 Å². The lowest BCUT2D eigenvalue weighted by Crippen LogP contribution is -2.40. The average molecular weight is 286 g/mol. The lowest BCUT2D eigenvalue weighted by Gasteiger charge is -2.15. The van der Waals surface area contributed by atoms with E-state index in [4.69, 9.17) is 9.84 Å². The quantitative estimate of drug-likeness (QED) is 0.572. The fourth-order valence-electron chi connectivity index (χ4n) is 2.40. The fourth-order valence-corrected chi connectivity index (χ4v) is 2.40. The third kappa shape index (κ3) is 2.31. The summed E-state index contributed by atoms with van der Waals surface area (Å²) in [7, 11) is 2.81. The van der Waals surface area contributed by atoms with Gasteiger partial charge in [-0.2, -0.15) is 0 Å². The molecule has 4 unspecified atom stereocenters. The Bertz CT molecular complexity index is 607. The van der Waals surface area contributed by atoms with Gasteiger partial charge >= 0.3 is 5.69 Å². The van der Waals surface area contributed by atoms with Crippen LogP contribution in [0.2, 0.25) is 0 Å². The van der Waals surface area contributed by atoms with Crippen LogP contribution in [0, 0.1) is 0 Å². The Morgan fingerprint density at radius 2 is 1.90 bits per heavy atom. The van der Waals surface area contributed by atoms with Gasteiger partial charge in [-0.05, 0) is 6.42 Å². The maximum atomic E-state index is 12.1.